The molecule has 0 radical (unpaired) electrons. The van der Waals surface area contributed by atoms with Crippen LogP contribution in [0.3, 0.4) is 0 Å². The van der Waals surface area contributed by atoms with Crippen LogP contribution in [0.15, 0.2) is 30.3 Å². The number of nitrogens with two attached hydrogens (primary N) is 3. The van der Waals surface area contributed by atoms with Crippen LogP contribution in [0.1, 0.15) is 52.5 Å². The lowest BCUT2D eigenvalue weighted by atomic mass is 10.0. The van der Waals surface area contributed by atoms with E-state index in [2.05, 4.69) is 37.2 Å². The van der Waals surface area contributed by atoms with Gasteiger partial charge < -0.3 is 69.7 Å². The molecule has 9 amide bonds. The number of hydrogen-bond acceptors (Lipinski definition) is 13. The Labute approximate surface area is 333 Å². The minimum atomic E-state index is -1.73. The largest absolute Gasteiger partial charge is 0.481 e. The molecule has 0 heterocycles. The standard InChI is InChI=1S/C35H54N10O13/c1-16(2)28(45-32(55)22(13-24(36)48)44-34(57)27(37)18(4)47)35(58)39-14-25(49)41-23(15-46)33(56)42-20(10-11-26(50)51)31(54)40-17(3)30(53)43-21(29(38)52)12-19-8-6-5-7-9-19/h5-9,16-18,20-23,27-28,46-47H,10-15,37H2,1-4H3,(H2,36,48)(H2,38,52)(H,39,58)(H,40,54)(H,41,49)(H,42,56)(H,43,53)(H,44,57)(H,45,55)(H,50,51)/t17-,18-,20+,21-,22+,23-,27-,28+/m1/s1. The Bertz CT molecular complexity index is 1640. The van der Waals surface area contributed by atoms with E-state index in [1.54, 1.807) is 30.3 Å². The van der Waals surface area contributed by atoms with Crippen LogP contribution in [0.5, 0.6) is 0 Å². The first-order valence-electron chi connectivity index (χ1n) is 18.0. The second kappa shape index (κ2) is 24.4. The molecule has 8 atom stereocenters. The fraction of sp³-hybridized carbons (Fsp3) is 0.543. The van der Waals surface area contributed by atoms with E-state index in [9.17, 15) is 63.3 Å². The maximum Gasteiger partial charge on any atom is 0.303 e. The highest BCUT2D eigenvalue weighted by Crippen LogP contribution is 2.06. The molecule has 16 N–H and O–H groups in total. The number of aliphatic hydroxyl groups excluding tert-OH is 2. The van der Waals surface area contributed by atoms with Crippen molar-refractivity contribution in [2.45, 2.75) is 102 Å². The molecular weight excluding hydrogens is 768 g/mol. The zero-order chi connectivity index (χ0) is 44.3. The fourth-order valence-electron chi connectivity index (χ4n) is 4.96. The van der Waals surface area contributed by atoms with Gasteiger partial charge in [-0.25, -0.2) is 0 Å². The molecule has 0 bridgehead atoms. The molecule has 1 aromatic carbocycles. The topological polar surface area (TPSA) is 394 Å². The van der Waals surface area contributed by atoms with Crippen molar-refractivity contribution in [3.05, 3.63) is 35.9 Å². The second-order valence-corrected chi connectivity index (χ2v) is 13.6. The summed E-state index contributed by atoms with van der Waals surface area (Å²) in [6, 6.07) is -1.56. The summed E-state index contributed by atoms with van der Waals surface area (Å²) in [4.78, 5) is 125. The number of hydrogen-bond donors (Lipinski definition) is 13. The average Bonchev–Trinajstić information content (AvgIpc) is 3.15. The number of carbonyl (C=O) groups is 10. The van der Waals surface area contributed by atoms with Crippen LogP contribution < -0.4 is 54.4 Å². The number of rotatable bonds is 25. The zero-order valence-corrected chi connectivity index (χ0v) is 32.5. The van der Waals surface area contributed by atoms with E-state index < -0.39 is 146 Å². The molecule has 0 unspecified atom stereocenters. The predicted octanol–water partition coefficient (Wildman–Crippen LogP) is -6.14. The molecule has 0 fully saturated rings. The van der Waals surface area contributed by atoms with Gasteiger partial charge in [-0.1, -0.05) is 44.2 Å². The monoisotopic (exact) mass is 822 g/mol. The van der Waals surface area contributed by atoms with Gasteiger partial charge >= 0.3 is 5.97 Å². The van der Waals surface area contributed by atoms with Gasteiger partial charge in [0.15, 0.2) is 0 Å². The summed E-state index contributed by atoms with van der Waals surface area (Å²) in [5.74, 6) is -10.7. The number of nitrogens with one attached hydrogen (secondary N) is 7. The quantitative estimate of drug-likeness (QED) is 0.0437. The third kappa shape index (κ3) is 17.7. The summed E-state index contributed by atoms with van der Waals surface area (Å²) in [5.41, 5.74) is 16.9. The van der Waals surface area contributed by atoms with Crippen molar-refractivity contribution in [2.24, 2.45) is 23.1 Å². The predicted molar refractivity (Wildman–Crippen MR) is 202 cm³/mol. The lowest BCUT2D eigenvalue weighted by Crippen LogP contribution is -2.59. The first-order chi connectivity index (χ1) is 27.1. The highest BCUT2D eigenvalue weighted by Gasteiger charge is 2.33. The number of aliphatic carboxylic acids is 1. The van der Waals surface area contributed by atoms with E-state index in [-0.39, 0.29) is 6.42 Å². The van der Waals surface area contributed by atoms with Crippen LogP contribution in [0.4, 0.5) is 0 Å². The van der Waals surface area contributed by atoms with Gasteiger partial charge in [0.1, 0.15) is 42.3 Å². The Kier molecular flexibility index (Phi) is 21.0. The number of carbonyl (C=O) groups excluding carboxylic acids is 9. The van der Waals surface area contributed by atoms with Crippen molar-refractivity contribution in [1.29, 1.82) is 0 Å². The lowest BCUT2D eigenvalue weighted by Gasteiger charge is -2.26. The maximum absolute atomic E-state index is 13.1. The Morgan fingerprint density at radius 1 is 0.672 bits per heavy atom. The number of benzene rings is 1. The third-order valence-electron chi connectivity index (χ3n) is 8.34. The zero-order valence-electron chi connectivity index (χ0n) is 32.5. The number of aliphatic hydroxyl groups is 2. The van der Waals surface area contributed by atoms with Gasteiger partial charge in [0.2, 0.25) is 53.2 Å². The van der Waals surface area contributed by atoms with Crippen LogP contribution >= 0.6 is 0 Å². The van der Waals surface area contributed by atoms with E-state index >= 15 is 0 Å². The second-order valence-electron chi connectivity index (χ2n) is 13.6. The van der Waals surface area contributed by atoms with Crippen LogP contribution in [0.25, 0.3) is 0 Å². The molecule has 0 aliphatic carbocycles. The SMILES string of the molecule is CC(C)[C@H](NC(=O)[C@H](CC(N)=O)NC(=O)[C@H](N)[C@@H](C)O)C(=O)NCC(=O)N[C@H](CO)C(=O)N[C@@H](CCC(=O)O)C(=O)N[C@H](C)C(=O)N[C@H](Cc1ccccc1)C(N)=O. The van der Waals surface area contributed by atoms with Crippen molar-refractivity contribution < 1.29 is 63.3 Å². The van der Waals surface area contributed by atoms with Crippen LogP contribution in [0.2, 0.25) is 0 Å². The van der Waals surface area contributed by atoms with E-state index in [0.717, 1.165) is 0 Å². The summed E-state index contributed by atoms with van der Waals surface area (Å²) in [6.45, 7) is 3.70. The molecular formula is C35H54N10O13. The van der Waals surface area contributed by atoms with Gasteiger partial charge in [0.05, 0.1) is 25.7 Å². The van der Waals surface area contributed by atoms with Gasteiger partial charge in [-0.05, 0) is 31.7 Å². The minimum absolute atomic E-state index is 0.0502. The molecule has 0 saturated heterocycles. The molecule has 0 aliphatic heterocycles. The molecule has 1 rings (SSSR count). The first kappa shape index (κ1) is 49.8. The summed E-state index contributed by atoms with van der Waals surface area (Å²) in [7, 11) is 0. The first-order valence-corrected chi connectivity index (χ1v) is 18.0. The smallest absolute Gasteiger partial charge is 0.303 e. The number of carboxylic acids is 1. The van der Waals surface area contributed by atoms with Gasteiger partial charge in [0, 0.05) is 12.8 Å². The van der Waals surface area contributed by atoms with E-state index in [4.69, 9.17) is 17.2 Å². The van der Waals surface area contributed by atoms with E-state index in [1.165, 1.54) is 27.7 Å². The van der Waals surface area contributed by atoms with E-state index in [0.29, 0.717) is 5.56 Å². The number of carboxylic acid groups (broad SMARTS) is 1. The molecule has 0 aromatic heterocycles. The Morgan fingerprint density at radius 3 is 1.74 bits per heavy atom. The summed E-state index contributed by atoms with van der Waals surface area (Å²) in [6.07, 6.45) is -3.06. The van der Waals surface area contributed by atoms with Crippen LogP contribution in [-0.2, 0) is 54.4 Å². The minimum Gasteiger partial charge on any atom is -0.481 e. The Hall–Kier alpha value is -6.20. The number of primary amides is 2. The highest BCUT2D eigenvalue weighted by atomic mass is 16.4. The molecule has 23 nitrogen and oxygen atoms in total. The molecule has 0 aliphatic rings. The van der Waals surface area contributed by atoms with Crippen LogP contribution in [0, 0.1) is 5.92 Å². The molecule has 0 spiro atoms. The highest BCUT2D eigenvalue weighted by molar-refractivity contribution is 5.98. The van der Waals surface area contributed by atoms with Gasteiger partial charge in [-0.2, -0.15) is 0 Å². The van der Waals surface area contributed by atoms with Gasteiger partial charge in [0.25, 0.3) is 0 Å². The average molecular weight is 823 g/mol. The lowest BCUT2D eigenvalue weighted by molar-refractivity contribution is -0.138. The van der Waals surface area contributed by atoms with Crippen LogP contribution in [-0.4, -0.2) is 136 Å². The molecule has 1 aromatic rings. The summed E-state index contributed by atoms with van der Waals surface area (Å²) < 4.78 is 0. The fourth-order valence-corrected chi connectivity index (χ4v) is 4.96. The molecule has 23 heteroatoms. The number of amides is 9. The van der Waals surface area contributed by atoms with Crippen molar-refractivity contribution in [1.82, 2.24) is 37.2 Å². The van der Waals surface area contributed by atoms with Crippen molar-refractivity contribution >= 4 is 59.1 Å². The van der Waals surface area contributed by atoms with Gasteiger partial charge in [-0.15, -0.1) is 0 Å². The summed E-state index contributed by atoms with van der Waals surface area (Å²) in [5, 5.41) is 44.5. The van der Waals surface area contributed by atoms with Crippen molar-refractivity contribution in [3.63, 3.8) is 0 Å². The Morgan fingerprint density at radius 2 is 1.22 bits per heavy atom. The van der Waals surface area contributed by atoms with Gasteiger partial charge in [-0.3, -0.25) is 47.9 Å². The Balaban J connectivity index is 2.94. The van der Waals surface area contributed by atoms with Crippen molar-refractivity contribution in [2.75, 3.05) is 13.2 Å². The third-order valence-corrected chi connectivity index (χ3v) is 8.34. The normalized spacial score (nSPS) is 15.0. The van der Waals surface area contributed by atoms with Crippen molar-refractivity contribution in [3.8, 4) is 0 Å². The van der Waals surface area contributed by atoms with E-state index in [1.807, 2.05) is 0 Å². The maximum atomic E-state index is 13.1. The molecule has 0 saturated carbocycles. The molecule has 322 valence electrons. The molecule has 58 heavy (non-hydrogen) atoms. The summed E-state index contributed by atoms with van der Waals surface area (Å²) >= 11 is 0.